The Morgan fingerprint density at radius 2 is 1.73 bits per heavy atom. The number of nitrogens with zero attached hydrogens (tertiary/aromatic N) is 4. The summed E-state index contributed by atoms with van der Waals surface area (Å²) in [4.78, 5) is 30.6. The lowest BCUT2D eigenvalue weighted by molar-refractivity contribution is -0.133. The van der Waals surface area contributed by atoms with Crippen LogP contribution in [0.25, 0.3) is 10.9 Å². The number of rotatable bonds is 5. The Bertz CT molecular complexity index is 1390. The molecule has 0 saturated heterocycles. The summed E-state index contributed by atoms with van der Waals surface area (Å²) in [6.45, 7) is -0.144. The normalized spacial score (nSPS) is 15.5. The summed E-state index contributed by atoms with van der Waals surface area (Å²) >= 11 is 0. The van der Waals surface area contributed by atoms with Crippen LogP contribution in [0.3, 0.4) is 0 Å². The van der Waals surface area contributed by atoms with Crippen LogP contribution in [0.1, 0.15) is 23.6 Å². The van der Waals surface area contributed by atoms with Crippen molar-refractivity contribution in [1.82, 2.24) is 14.6 Å². The first-order valence-electron chi connectivity index (χ1n) is 10.7. The number of ether oxygens (including phenoxy) is 1. The SMILES string of the molecule is COc1ccc(C2CC(c3ccccc3)=NN2C(=O)Cn2cnc3ccccc3c2=O)cc1. The standard InChI is InChI=1S/C26H22N4O3/c1-33-20-13-11-19(12-14-20)24-15-23(18-7-3-2-4-8-18)28-30(24)25(31)16-29-17-27-22-10-6-5-9-21(22)26(29)32/h2-14,17,24H,15-16H2,1H3. The Kier molecular flexibility index (Phi) is 5.44. The summed E-state index contributed by atoms with van der Waals surface area (Å²) in [5.41, 5.74) is 3.10. The molecule has 0 saturated carbocycles. The van der Waals surface area contributed by atoms with Gasteiger partial charge in [-0.15, -0.1) is 0 Å². The highest BCUT2D eigenvalue weighted by atomic mass is 16.5. The van der Waals surface area contributed by atoms with Crippen molar-refractivity contribution in [2.45, 2.75) is 19.0 Å². The zero-order valence-corrected chi connectivity index (χ0v) is 18.1. The minimum Gasteiger partial charge on any atom is -0.497 e. The zero-order valence-electron chi connectivity index (χ0n) is 18.1. The van der Waals surface area contributed by atoms with Gasteiger partial charge in [0.15, 0.2) is 0 Å². The van der Waals surface area contributed by atoms with E-state index in [1.807, 2.05) is 60.7 Å². The predicted molar refractivity (Wildman–Crippen MR) is 126 cm³/mol. The minimum atomic E-state index is -0.277. The van der Waals surface area contributed by atoms with Gasteiger partial charge < -0.3 is 4.74 Å². The Morgan fingerprint density at radius 3 is 2.48 bits per heavy atom. The van der Waals surface area contributed by atoms with Gasteiger partial charge in [-0.2, -0.15) is 5.10 Å². The molecular weight excluding hydrogens is 416 g/mol. The molecule has 0 spiro atoms. The molecule has 5 rings (SSSR count). The maximum absolute atomic E-state index is 13.4. The van der Waals surface area contributed by atoms with Crippen molar-refractivity contribution >= 4 is 22.5 Å². The van der Waals surface area contributed by atoms with Gasteiger partial charge in [0.1, 0.15) is 12.3 Å². The van der Waals surface area contributed by atoms with E-state index in [0.29, 0.717) is 17.3 Å². The van der Waals surface area contributed by atoms with Gasteiger partial charge in [-0.25, -0.2) is 9.99 Å². The highest BCUT2D eigenvalue weighted by Crippen LogP contribution is 2.33. The average Bonchev–Trinajstić information content (AvgIpc) is 3.32. The van der Waals surface area contributed by atoms with Crippen LogP contribution in [0.2, 0.25) is 0 Å². The number of benzene rings is 3. The van der Waals surface area contributed by atoms with Crippen LogP contribution in [0, 0.1) is 0 Å². The second-order valence-electron chi connectivity index (χ2n) is 7.84. The number of hydrogen-bond acceptors (Lipinski definition) is 5. The molecular formula is C26H22N4O3. The molecule has 7 nitrogen and oxygen atoms in total. The molecule has 0 aliphatic carbocycles. The zero-order chi connectivity index (χ0) is 22.8. The summed E-state index contributed by atoms with van der Waals surface area (Å²) in [6, 6.07) is 24.3. The van der Waals surface area contributed by atoms with Gasteiger partial charge in [-0.3, -0.25) is 14.2 Å². The van der Waals surface area contributed by atoms with Gasteiger partial charge in [0.05, 0.1) is 36.1 Å². The molecule has 0 bridgehead atoms. The number of amides is 1. The van der Waals surface area contributed by atoms with E-state index in [1.54, 1.807) is 25.3 Å². The van der Waals surface area contributed by atoms with Gasteiger partial charge in [0.25, 0.3) is 11.5 Å². The number of hydrazone groups is 1. The molecule has 2 heterocycles. The van der Waals surface area contributed by atoms with Crippen LogP contribution in [0.5, 0.6) is 5.75 Å². The molecule has 164 valence electrons. The number of para-hydroxylation sites is 1. The molecule has 33 heavy (non-hydrogen) atoms. The highest BCUT2D eigenvalue weighted by Gasteiger charge is 2.33. The fourth-order valence-electron chi connectivity index (χ4n) is 4.07. The van der Waals surface area contributed by atoms with Crippen molar-refractivity contribution in [2.24, 2.45) is 5.10 Å². The average molecular weight is 438 g/mol. The number of methoxy groups -OCH3 is 1. The maximum Gasteiger partial charge on any atom is 0.263 e. The van der Waals surface area contributed by atoms with E-state index in [1.165, 1.54) is 15.9 Å². The van der Waals surface area contributed by atoms with Crippen LogP contribution < -0.4 is 10.3 Å². The second-order valence-corrected chi connectivity index (χ2v) is 7.84. The van der Waals surface area contributed by atoms with E-state index in [9.17, 15) is 9.59 Å². The molecule has 1 unspecified atom stereocenters. The van der Waals surface area contributed by atoms with E-state index < -0.39 is 0 Å². The third-order valence-electron chi connectivity index (χ3n) is 5.81. The maximum atomic E-state index is 13.4. The van der Waals surface area contributed by atoms with Gasteiger partial charge >= 0.3 is 0 Å². The number of carbonyl (C=O) groups is 1. The van der Waals surface area contributed by atoms with Crippen molar-refractivity contribution in [3.8, 4) is 5.75 Å². The smallest absolute Gasteiger partial charge is 0.263 e. The van der Waals surface area contributed by atoms with Gasteiger partial charge in [0.2, 0.25) is 0 Å². The topological polar surface area (TPSA) is 76.8 Å². The third-order valence-corrected chi connectivity index (χ3v) is 5.81. The molecule has 1 aliphatic rings. The Balaban J connectivity index is 1.49. The summed E-state index contributed by atoms with van der Waals surface area (Å²) in [5.74, 6) is 0.466. The monoisotopic (exact) mass is 438 g/mol. The van der Waals surface area contributed by atoms with Crippen LogP contribution in [-0.4, -0.2) is 33.3 Å². The molecule has 1 amide bonds. The Hall–Kier alpha value is -4.26. The lowest BCUT2D eigenvalue weighted by atomic mass is 9.98. The Morgan fingerprint density at radius 1 is 1.00 bits per heavy atom. The Labute approximate surface area is 190 Å². The molecule has 0 radical (unpaired) electrons. The second kappa shape index (κ2) is 8.70. The van der Waals surface area contributed by atoms with Crippen LogP contribution in [0.15, 0.2) is 95.1 Å². The molecule has 1 atom stereocenters. The summed E-state index contributed by atoms with van der Waals surface area (Å²) in [5, 5.41) is 6.65. The lowest BCUT2D eigenvalue weighted by Crippen LogP contribution is -2.34. The number of hydrogen-bond donors (Lipinski definition) is 0. The van der Waals surface area contributed by atoms with Crippen molar-refractivity contribution < 1.29 is 9.53 Å². The van der Waals surface area contributed by atoms with E-state index >= 15 is 0 Å². The molecule has 1 aliphatic heterocycles. The van der Waals surface area contributed by atoms with E-state index in [2.05, 4.69) is 10.1 Å². The molecule has 1 aromatic heterocycles. The highest BCUT2D eigenvalue weighted by molar-refractivity contribution is 6.03. The first kappa shape index (κ1) is 20.6. The van der Waals surface area contributed by atoms with Crippen molar-refractivity contribution in [3.05, 3.63) is 107 Å². The fourth-order valence-corrected chi connectivity index (χ4v) is 4.07. The molecule has 0 N–H and O–H groups in total. The number of carbonyl (C=O) groups excluding carboxylic acids is 1. The summed E-state index contributed by atoms with van der Waals surface area (Å²) in [7, 11) is 1.62. The van der Waals surface area contributed by atoms with E-state index in [4.69, 9.17) is 4.74 Å². The van der Waals surface area contributed by atoms with E-state index in [0.717, 1.165) is 22.6 Å². The molecule has 7 heteroatoms. The predicted octanol–water partition coefficient (Wildman–Crippen LogP) is 3.78. The van der Waals surface area contributed by atoms with Gasteiger partial charge in [-0.05, 0) is 35.4 Å². The van der Waals surface area contributed by atoms with Crippen molar-refractivity contribution in [1.29, 1.82) is 0 Å². The minimum absolute atomic E-state index is 0.144. The fraction of sp³-hybridized carbons (Fsp3) is 0.154. The quantitative estimate of drug-likeness (QED) is 0.475. The van der Waals surface area contributed by atoms with Crippen molar-refractivity contribution in [2.75, 3.05) is 7.11 Å². The lowest BCUT2D eigenvalue weighted by Gasteiger charge is -2.22. The summed E-state index contributed by atoms with van der Waals surface area (Å²) < 4.78 is 6.61. The van der Waals surface area contributed by atoms with E-state index in [-0.39, 0.29) is 24.1 Å². The summed E-state index contributed by atoms with van der Waals surface area (Å²) in [6.07, 6.45) is 2.00. The van der Waals surface area contributed by atoms with Crippen LogP contribution >= 0.6 is 0 Å². The first-order chi connectivity index (χ1) is 16.1. The van der Waals surface area contributed by atoms with Gasteiger partial charge in [0, 0.05) is 6.42 Å². The molecule has 4 aromatic rings. The van der Waals surface area contributed by atoms with Crippen LogP contribution in [0.4, 0.5) is 0 Å². The first-order valence-corrected chi connectivity index (χ1v) is 10.7. The molecule has 3 aromatic carbocycles. The van der Waals surface area contributed by atoms with Crippen LogP contribution in [-0.2, 0) is 11.3 Å². The third kappa shape index (κ3) is 4.01. The van der Waals surface area contributed by atoms with Crippen molar-refractivity contribution in [3.63, 3.8) is 0 Å². The largest absolute Gasteiger partial charge is 0.497 e. The number of aromatic nitrogens is 2. The molecule has 0 fully saturated rings. The number of fused-ring (bicyclic) bond motifs is 1. The van der Waals surface area contributed by atoms with Gasteiger partial charge in [-0.1, -0.05) is 54.6 Å².